The molecule has 0 N–H and O–H groups in total. The van der Waals surface area contributed by atoms with E-state index in [-0.39, 0.29) is 11.3 Å². The van der Waals surface area contributed by atoms with Crippen LogP contribution in [0.4, 0.5) is 0 Å². The number of nitrogens with zero attached hydrogens (tertiary/aromatic N) is 1. The van der Waals surface area contributed by atoms with E-state index in [1.807, 2.05) is 61.2 Å². The number of benzene rings is 2. The van der Waals surface area contributed by atoms with Gasteiger partial charge in [-0.25, -0.2) is 0 Å². The smallest absolute Gasteiger partial charge is 0.246 e. The summed E-state index contributed by atoms with van der Waals surface area (Å²) in [5.41, 5.74) is 2.12. The zero-order chi connectivity index (χ0) is 23.2. The van der Waals surface area contributed by atoms with Gasteiger partial charge in [-0.1, -0.05) is 88.4 Å². The molecule has 1 aliphatic rings. The van der Waals surface area contributed by atoms with Crippen LogP contribution in [0, 0.1) is 0 Å². The maximum Gasteiger partial charge on any atom is 0.246 e. The van der Waals surface area contributed by atoms with E-state index in [0.717, 1.165) is 36.4 Å². The molecule has 1 amide bonds. The molecule has 4 nitrogen and oxygen atoms in total. The number of hydrogen-bond acceptors (Lipinski definition) is 3. The second-order valence-corrected chi connectivity index (χ2v) is 8.03. The summed E-state index contributed by atoms with van der Waals surface area (Å²) in [6.45, 7) is 11.6. The fourth-order valence-electron chi connectivity index (χ4n) is 3.33. The zero-order valence-electron chi connectivity index (χ0n) is 19.9. The van der Waals surface area contributed by atoms with E-state index < -0.39 is 0 Å². The first-order chi connectivity index (χ1) is 15.5. The van der Waals surface area contributed by atoms with E-state index in [4.69, 9.17) is 9.47 Å². The third kappa shape index (κ3) is 8.35. The molecule has 3 rings (SSSR count). The van der Waals surface area contributed by atoms with Gasteiger partial charge in [-0.3, -0.25) is 4.79 Å². The van der Waals surface area contributed by atoms with Gasteiger partial charge in [0.1, 0.15) is 12.4 Å². The topological polar surface area (TPSA) is 38.8 Å². The lowest BCUT2D eigenvalue weighted by Crippen LogP contribution is -2.31. The maximum absolute atomic E-state index is 12.3. The van der Waals surface area contributed by atoms with Crippen LogP contribution in [-0.2, 0) is 21.6 Å². The molecule has 1 aliphatic heterocycles. The lowest BCUT2D eigenvalue weighted by molar-refractivity contribution is -0.126. The molecule has 0 aliphatic carbocycles. The number of allylic oxidation sites excluding steroid dienone is 3. The highest BCUT2D eigenvalue weighted by Gasteiger charge is 2.17. The van der Waals surface area contributed by atoms with Gasteiger partial charge < -0.3 is 14.4 Å². The molecule has 32 heavy (non-hydrogen) atoms. The maximum atomic E-state index is 12.3. The average Bonchev–Trinajstić information content (AvgIpc) is 3.12. The van der Waals surface area contributed by atoms with Gasteiger partial charge in [0.25, 0.3) is 0 Å². The largest absolute Gasteiger partial charge is 0.489 e. The van der Waals surface area contributed by atoms with Crippen molar-refractivity contribution in [2.45, 2.75) is 46.1 Å². The standard InChI is InChI=1S/C26H31NO3.C2H6/c1-26(2,15-7-6-14-25(28)27-16-9-18-29-19-17-27)23-12-8-13-24(20-23)30-21-22-10-4-3-5-11-22;1-2/h3-8,10-15,20H,9,16-19,21H2,1-2H3;1-2H3/b14-6+,15-7+;. The van der Waals surface area contributed by atoms with Crippen LogP contribution < -0.4 is 4.74 Å². The first kappa shape index (κ1) is 25.4. The fourth-order valence-corrected chi connectivity index (χ4v) is 3.33. The molecule has 0 bridgehead atoms. The number of carbonyl (C=O) groups excluding carboxylic acids is 1. The van der Waals surface area contributed by atoms with Crippen molar-refractivity contribution < 1.29 is 14.3 Å². The Labute approximate surface area is 193 Å². The SMILES string of the molecule is CC.CC(C)(/C=C/C=C/C(=O)N1CCCOCC1)c1cccc(OCc2ccccc2)c1. The fraction of sp³-hybridized carbons (Fsp3) is 0.393. The molecule has 172 valence electrons. The Morgan fingerprint density at radius 2 is 1.81 bits per heavy atom. The number of amides is 1. The van der Waals surface area contributed by atoms with Gasteiger partial charge in [0, 0.05) is 31.2 Å². The van der Waals surface area contributed by atoms with Gasteiger partial charge in [-0.15, -0.1) is 0 Å². The highest BCUT2D eigenvalue weighted by molar-refractivity contribution is 5.87. The van der Waals surface area contributed by atoms with Gasteiger partial charge in [0.05, 0.1) is 6.61 Å². The molecule has 0 radical (unpaired) electrons. The third-order valence-electron chi connectivity index (χ3n) is 5.22. The van der Waals surface area contributed by atoms with Crippen molar-refractivity contribution in [1.82, 2.24) is 4.90 Å². The highest BCUT2D eigenvalue weighted by atomic mass is 16.5. The van der Waals surface area contributed by atoms with Crippen molar-refractivity contribution in [3.63, 3.8) is 0 Å². The van der Waals surface area contributed by atoms with E-state index in [9.17, 15) is 4.79 Å². The van der Waals surface area contributed by atoms with Gasteiger partial charge in [-0.05, 0) is 29.7 Å². The van der Waals surface area contributed by atoms with E-state index in [2.05, 4.69) is 44.2 Å². The normalized spacial score (nSPS) is 14.7. The summed E-state index contributed by atoms with van der Waals surface area (Å²) in [6, 6.07) is 18.3. The third-order valence-corrected chi connectivity index (χ3v) is 5.22. The van der Waals surface area contributed by atoms with Gasteiger partial charge in [0.15, 0.2) is 0 Å². The minimum Gasteiger partial charge on any atom is -0.489 e. The van der Waals surface area contributed by atoms with E-state index in [1.54, 1.807) is 6.08 Å². The second kappa shape index (κ2) is 13.5. The molecule has 1 heterocycles. The van der Waals surface area contributed by atoms with Crippen LogP contribution in [0.1, 0.15) is 45.2 Å². The van der Waals surface area contributed by atoms with Crippen LogP contribution in [0.2, 0.25) is 0 Å². The Morgan fingerprint density at radius 1 is 1.03 bits per heavy atom. The molecule has 2 aromatic carbocycles. The summed E-state index contributed by atoms with van der Waals surface area (Å²) in [7, 11) is 0. The molecule has 0 aromatic heterocycles. The van der Waals surface area contributed by atoms with Crippen molar-refractivity contribution >= 4 is 5.91 Å². The predicted octanol–water partition coefficient (Wildman–Crippen LogP) is 5.93. The van der Waals surface area contributed by atoms with Crippen LogP contribution in [0.15, 0.2) is 78.9 Å². The molecule has 0 unspecified atom stereocenters. The molecule has 0 saturated carbocycles. The number of ether oxygens (including phenoxy) is 2. The predicted molar refractivity (Wildman–Crippen MR) is 132 cm³/mol. The summed E-state index contributed by atoms with van der Waals surface area (Å²) >= 11 is 0. The molecular formula is C28H37NO3. The van der Waals surface area contributed by atoms with Crippen LogP contribution in [0.5, 0.6) is 5.75 Å². The first-order valence-corrected chi connectivity index (χ1v) is 11.5. The van der Waals surface area contributed by atoms with Crippen LogP contribution in [0.3, 0.4) is 0 Å². The molecule has 1 fully saturated rings. The monoisotopic (exact) mass is 435 g/mol. The Kier molecular flexibility index (Phi) is 10.8. The summed E-state index contributed by atoms with van der Waals surface area (Å²) in [6.07, 6.45) is 8.41. The van der Waals surface area contributed by atoms with Crippen molar-refractivity contribution in [2.24, 2.45) is 0 Å². The lowest BCUT2D eigenvalue weighted by Gasteiger charge is -2.21. The number of hydrogen-bond donors (Lipinski definition) is 0. The van der Waals surface area contributed by atoms with Gasteiger partial charge >= 0.3 is 0 Å². The highest BCUT2D eigenvalue weighted by Crippen LogP contribution is 2.28. The van der Waals surface area contributed by atoms with Crippen LogP contribution in [0.25, 0.3) is 0 Å². The summed E-state index contributed by atoms with van der Waals surface area (Å²) in [5.74, 6) is 0.895. The molecule has 1 saturated heterocycles. The second-order valence-electron chi connectivity index (χ2n) is 8.03. The minimum absolute atomic E-state index is 0.0410. The number of rotatable bonds is 7. The van der Waals surface area contributed by atoms with Crippen molar-refractivity contribution in [3.8, 4) is 5.75 Å². The average molecular weight is 436 g/mol. The Hall–Kier alpha value is -2.85. The zero-order valence-corrected chi connectivity index (χ0v) is 19.9. The summed E-state index contributed by atoms with van der Waals surface area (Å²) < 4.78 is 11.4. The molecule has 0 spiro atoms. The summed E-state index contributed by atoms with van der Waals surface area (Å²) in [5, 5.41) is 0. The van der Waals surface area contributed by atoms with Crippen LogP contribution in [-0.4, -0.2) is 37.1 Å². The first-order valence-electron chi connectivity index (χ1n) is 11.5. The lowest BCUT2D eigenvalue weighted by atomic mass is 9.84. The van der Waals surface area contributed by atoms with E-state index in [1.165, 1.54) is 0 Å². The quantitative estimate of drug-likeness (QED) is 0.400. The van der Waals surface area contributed by atoms with Crippen LogP contribution >= 0.6 is 0 Å². The van der Waals surface area contributed by atoms with Crippen molar-refractivity contribution in [2.75, 3.05) is 26.3 Å². The molecule has 2 aromatic rings. The summed E-state index contributed by atoms with van der Waals surface area (Å²) in [4.78, 5) is 14.2. The molecule has 4 heteroatoms. The minimum atomic E-state index is -0.185. The van der Waals surface area contributed by atoms with E-state index in [0.29, 0.717) is 19.8 Å². The Bertz CT molecular complexity index is 863. The van der Waals surface area contributed by atoms with Gasteiger partial charge in [-0.2, -0.15) is 0 Å². The number of carbonyl (C=O) groups is 1. The van der Waals surface area contributed by atoms with E-state index >= 15 is 0 Å². The molecular weight excluding hydrogens is 398 g/mol. The Morgan fingerprint density at radius 3 is 2.59 bits per heavy atom. The van der Waals surface area contributed by atoms with Gasteiger partial charge in [0.2, 0.25) is 5.91 Å². The Balaban J connectivity index is 0.00000176. The molecule has 0 atom stereocenters. The van der Waals surface area contributed by atoms with Crippen molar-refractivity contribution in [3.05, 3.63) is 90.0 Å². The van der Waals surface area contributed by atoms with Crippen molar-refractivity contribution in [1.29, 1.82) is 0 Å².